The highest BCUT2D eigenvalue weighted by Crippen LogP contribution is 2.26. The molecule has 2 unspecified atom stereocenters. The van der Waals surface area contributed by atoms with E-state index in [1.54, 1.807) is 0 Å². The summed E-state index contributed by atoms with van der Waals surface area (Å²) in [5.41, 5.74) is 2.98. The summed E-state index contributed by atoms with van der Waals surface area (Å²) in [4.78, 5) is 4.63. The predicted molar refractivity (Wildman–Crippen MR) is 74.3 cm³/mol. The zero-order chi connectivity index (χ0) is 13.6. The first-order chi connectivity index (χ1) is 9.11. The number of imidazole rings is 1. The molecule has 5 nitrogen and oxygen atoms in total. The Morgan fingerprint density at radius 2 is 2.26 bits per heavy atom. The van der Waals surface area contributed by atoms with Crippen molar-refractivity contribution in [2.75, 3.05) is 6.61 Å². The van der Waals surface area contributed by atoms with E-state index in [0.29, 0.717) is 17.9 Å². The van der Waals surface area contributed by atoms with E-state index in [0.717, 1.165) is 42.3 Å². The van der Waals surface area contributed by atoms with Crippen LogP contribution in [-0.2, 0) is 24.2 Å². The van der Waals surface area contributed by atoms with Crippen molar-refractivity contribution in [3.63, 3.8) is 0 Å². The van der Waals surface area contributed by atoms with Crippen LogP contribution in [-0.4, -0.2) is 32.0 Å². The predicted octanol–water partition coefficient (Wildman–Crippen LogP) is 2.24. The molecule has 0 aromatic carbocycles. The van der Waals surface area contributed by atoms with Crippen molar-refractivity contribution < 1.29 is 4.74 Å². The van der Waals surface area contributed by atoms with E-state index in [-0.39, 0.29) is 0 Å². The molecule has 0 saturated carbocycles. The Hall–Kier alpha value is -1.07. The van der Waals surface area contributed by atoms with Gasteiger partial charge in [-0.2, -0.15) is 5.10 Å². The summed E-state index contributed by atoms with van der Waals surface area (Å²) in [6, 6.07) is 0. The molecular weight excluding hydrogens is 264 g/mol. The summed E-state index contributed by atoms with van der Waals surface area (Å²) >= 11 is 6.04. The fourth-order valence-electron chi connectivity index (χ4n) is 2.92. The lowest BCUT2D eigenvalue weighted by molar-refractivity contribution is 0.102. The first kappa shape index (κ1) is 12.9. The number of ether oxygens (including phenoxy) is 1. The topological polar surface area (TPSA) is 44.9 Å². The van der Waals surface area contributed by atoms with E-state index in [1.165, 1.54) is 0 Å². The number of nitrogens with zero attached hydrogens (tertiary/aromatic N) is 4. The largest absolute Gasteiger partial charge is 0.378 e. The van der Waals surface area contributed by atoms with Crippen LogP contribution < -0.4 is 0 Å². The number of hydrogen-bond donors (Lipinski definition) is 0. The van der Waals surface area contributed by atoms with Gasteiger partial charge in [0.05, 0.1) is 17.7 Å². The SMILES string of the molecule is Cc1nn(C)c2c1nc(CCl)n2CC1CCOC1C. The summed E-state index contributed by atoms with van der Waals surface area (Å²) in [5, 5.41) is 4.44. The van der Waals surface area contributed by atoms with Gasteiger partial charge in [0.1, 0.15) is 11.3 Å². The third kappa shape index (κ3) is 2.05. The van der Waals surface area contributed by atoms with Gasteiger partial charge in [-0.3, -0.25) is 4.68 Å². The molecule has 1 fully saturated rings. The van der Waals surface area contributed by atoms with E-state index in [9.17, 15) is 0 Å². The minimum Gasteiger partial charge on any atom is -0.378 e. The Balaban J connectivity index is 2.05. The average Bonchev–Trinajstić information content (AvgIpc) is 3.00. The fourth-order valence-corrected chi connectivity index (χ4v) is 3.13. The molecule has 2 atom stereocenters. The smallest absolute Gasteiger partial charge is 0.158 e. The molecule has 2 aromatic rings. The fraction of sp³-hybridized carbons (Fsp3) is 0.692. The van der Waals surface area contributed by atoms with Crippen LogP contribution in [0.25, 0.3) is 11.2 Å². The molecule has 0 bridgehead atoms. The molecule has 1 saturated heterocycles. The van der Waals surface area contributed by atoms with Gasteiger partial charge >= 0.3 is 0 Å². The number of aryl methyl sites for hydroxylation is 2. The van der Waals surface area contributed by atoms with E-state index in [2.05, 4.69) is 21.6 Å². The second-order valence-electron chi connectivity index (χ2n) is 5.28. The normalized spacial score (nSPS) is 23.6. The Bertz CT molecular complexity index is 603. The number of hydrogen-bond acceptors (Lipinski definition) is 3. The van der Waals surface area contributed by atoms with E-state index in [1.807, 2.05) is 18.7 Å². The Morgan fingerprint density at radius 1 is 1.47 bits per heavy atom. The second kappa shape index (κ2) is 4.80. The Labute approximate surface area is 117 Å². The van der Waals surface area contributed by atoms with Crippen LogP contribution in [0.4, 0.5) is 0 Å². The maximum absolute atomic E-state index is 6.04. The Kier molecular flexibility index (Phi) is 3.27. The van der Waals surface area contributed by atoms with Crippen LogP contribution in [0.2, 0.25) is 0 Å². The standard InChI is InChI=1S/C13H19ClN4O/c1-8-12-13(17(3)16-8)18(11(6-14)15-12)7-10-4-5-19-9(10)2/h9-10H,4-7H2,1-3H3. The highest BCUT2D eigenvalue weighted by atomic mass is 35.5. The second-order valence-corrected chi connectivity index (χ2v) is 5.55. The molecule has 1 aliphatic heterocycles. The first-order valence-corrected chi connectivity index (χ1v) is 7.21. The Morgan fingerprint density at radius 3 is 2.89 bits per heavy atom. The van der Waals surface area contributed by atoms with Crippen molar-refractivity contribution in [3.8, 4) is 0 Å². The van der Waals surface area contributed by atoms with Crippen molar-refractivity contribution in [2.24, 2.45) is 13.0 Å². The van der Waals surface area contributed by atoms with Crippen molar-refractivity contribution in [3.05, 3.63) is 11.5 Å². The molecule has 3 rings (SSSR count). The lowest BCUT2D eigenvalue weighted by Crippen LogP contribution is -2.20. The maximum Gasteiger partial charge on any atom is 0.158 e. The molecule has 0 aliphatic carbocycles. The molecule has 19 heavy (non-hydrogen) atoms. The van der Waals surface area contributed by atoms with Crippen molar-refractivity contribution in [1.29, 1.82) is 0 Å². The molecule has 0 spiro atoms. The number of rotatable bonds is 3. The van der Waals surface area contributed by atoms with Crippen molar-refractivity contribution >= 4 is 22.8 Å². The van der Waals surface area contributed by atoms with Gasteiger partial charge in [0, 0.05) is 26.1 Å². The molecule has 1 aliphatic rings. The summed E-state index contributed by atoms with van der Waals surface area (Å²) in [6.07, 6.45) is 1.40. The third-order valence-electron chi connectivity index (χ3n) is 4.04. The zero-order valence-electron chi connectivity index (χ0n) is 11.6. The van der Waals surface area contributed by atoms with Gasteiger partial charge in [-0.05, 0) is 20.3 Å². The third-order valence-corrected chi connectivity index (χ3v) is 4.28. The van der Waals surface area contributed by atoms with E-state index in [4.69, 9.17) is 16.3 Å². The highest BCUT2D eigenvalue weighted by Gasteiger charge is 2.27. The number of fused-ring (bicyclic) bond motifs is 1. The van der Waals surface area contributed by atoms with Crippen LogP contribution in [0.15, 0.2) is 0 Å². The van der Waals surface area contributed by atoms with Gasteiger partial charge < -0.3 is 9.30 Å². The minimum absolute atomic E-state index is 0.301. The van der Waals surface area contributed by atoms with Gasteiger partial charge in [0.2, 0.25) is 0 Å². The summed E-state index contributed by atoms with van der Waals surface area (Å²) in [5.74, 6) is 1.87. The lowest BCUT2D eigenvalue weighted by atomic mass is 10.0. The van der Waals surface area contributed by atoms with E-state index < -0.39 is 0 Å². The average molecular weight is 283 g/mol. The summed E-state index contributed by atoms with van der Waals surface area (Å²) in [6.45, 7) is 5.88. The van der Waals surface area contributed by atoms with Crippen LogP contribution in [0.3, 0.4) is 0 Å². The van der Waals surface area contributed by atoms with Gasteiger partial charge in [-0.25, -0.2) is 4.98 Å². The van der Waals surface area contributed by atoms with Gasteiger partial charge in [0.25, 0.3) is 0 Å². The lowest BCUT2D eigenvalue weighted by Gasteiger charge is -2.16. The quantitative estimate of drug-likeness (QED) is 0.811. The highest BCUT2D eigenvalue weighted by molar-refractivity contribution is 6.16. The maximum atomic E-state index is 6.04. The van der Waals surface area contributed by atoms with Gasteiger partial charge in [0.15, 0.2) is 5.65 Å². The number of halogens is 1. The molecule has 0 amide bonds. The van der Waals surface area contributed by atoms with Crippen molar-refractivity contribution in [2.45, 2.75) is 38.8 Å². The summed E-state index contributed by atoms with van der Waals surface area (Å²) in [7, 11) is 1.96. The molecule has 6 heteroatoms. The molecule has 0 N–H and O–H groups in total. The monoisotopic (exact) mass is 282 g/mol. The molecule has 2 aromatic heterocycles. The van der Waals surface area contributed by atoms with Crippen LogP contribution in [0.5, 0.6) is 0 Å². The summed E-state index contributed by atoms with van der Waals surface area (Å²) < 4.78 is 9.75. The van der Waals surface area contributed by atoms with Gasteiger partial charge in [-0.15, -0.1) is 11.6 Å². The molecule has 0 radical (unpaired) electrons. The minimum atomic E-state index is 0.301. The molecular formula is C13H19ClN4O. The number of alkyl halides is 1. The van der Waals surface area contributed by atoms with E-state index >= 15 is 0 Å². The number of aromatic nitrogens is 4. The molecule has 3 heterocycles. The zero-order valence-corrected chi connectivity index (χ0v) is 12.3. The van der Waals surface area contributed by atoms with Crippen LogP contribution >= 0.6 is 11.6 Å². The van der Waals surface area contributed by atoms with Crippen molar-refractivity contribution in [1.82, 2.24) is 19.3 Å². The van der Waals surface area contributed by atoms with Crippen LogP contribution in [0, 0.1) is 12.8 Å². The first-order valence-electron chi connectivity index (χ1n) is 6.68. The van der Waals surface area contributed by atoms with Gasteiger partial charge in [-0.1, -0.05) is 0 Å². The van der Waals surface area contributed by atoms with Crippen LogP contribution in [0.1, 0.15) is 24.9 Å². The molecule has 104 valence electrons.